The van der Waals surface area contributed by atoms with E-state index in [1.165, 1.54) is 31.4 Å². The normalized spacial score (nSPS) is 11.8. The van der Waals surface area contributed by atoms with Gasteiger partial charge < -0.3 is 10.5 Å². The fourth-order valence-electron chi connectivity index (χ4n) is 2.20. The Bertz CT molecular complexity index is 476. The third-order valence-electron chi connectivity index (χ3n) is 3.46. The Morgan fingerprint density at radius 1 is 1.29 bits per heavy atom. The molecule has 0 aromatic heterocycles. The molecule has 0 bridgehead atoms. The molecule has 0 heterocycles. The number of rotatable bonds is 8. The lowest BCUT2D eigenvalue weighted by Gasteiger charge is -2.14. The number of halogens is 1. The molecule has 0 aliphatic carbocycles. The van der Waals surface area contributed by atoms with Crippen LogP contribution in [0.1, 0.15) is 50.7 Å². The summed E-state index contributed by atoms with van der Waals surface area (Å²) in [6.07, 6.45) is 4.77. The molecule has 21 heavy (non-hydrogen) atoms. The molecule has 1 aromatic rings. The molecule has 1 aromatic carbocycles. The minimum absolute atomic E-state index is 0.276. The standard InChI is InChI=1S/C18H26FNO/c1-3-5-7-15(4-2)13-21-14-17-10-16(8-6-9-20)11-18(19)12-17/h10-12,15H,3-5,7,9,13-14,20H2,1-2H3. The topological polar surface area (TPSA) is 35.2 Å². The number of unbranched alkanes of at least 4 members (excludes halogenated alkanes) is 1. The Hall–Kier alpha value is -1.37. The van der Waals surface area contributed by atoms with Crippen molar-refractivity contribution >= 4 is 0 Å². The Morgan fingerprint density at radius 2 is 2.10 bits per heavy atom. The van der Waals surface area contributed by atoms with E-state index in [1.54, 1.807) is 0 Å². The van der Waals surface area contributed by atoms with Gasteiger partial charge in [-0.05, 0) is 36.1 Å². The van der Waals surface area contributed by atoms with Crippen LogP contribution in [0.25, 0.3) is 0 Å². The molecule has 1 unspecified atom stereocenters. The minimum atomic E-state index is -0.282. The van der Waals surface area contributed by atoms with Crippen LogP contribution in [0, 0.1) is 23.6 Å². The second kappa shape index (κ2) is 10.4. The Labute approximate surface area is 127 Å². The first kappa shape index (κ1) is 17.7. The lowest BCUT2D eigenvalue weighted by molar-refractivity contribution is 0.0818. The Balaban J connectivity index is 2.52. The highest BCUT2D eigenvalue weighted by Crippen LogP contribution is 2.15. The van der Waals surface area contributed by atoms with Crippen LogP contribution in [-0.4, -0.2) is 13.2 Å². The van der Waals surface area contributed by atoms with E-state index in [-0.39, 0.29) is 12.4 Å². The molecule has 0 amide bonds. The monoisotopic (exact) mass is 291 g/mol. The van der Waals surface area contributed by atoms with Crippen LogP contribution >= 0.6 is 0 Å². The summed E-state index contributed by atoms with van der Waals surface area (Å²) in [7, 11) is 0. The van der Waals surface area contributed by atoms with Crippen LogP contribution in [0.4, 0.5) is 4.39 Å². The molecule has 0 aliphatic heterocycles. The van der Waals surface area contributed by atoms with E-state index in [9.17, 15) is 4.39 Å². The highest BCUT2D eigenvalue weighted by Gasteiger charge is 2.06. The van der Waals surface area contributed by atoms with E-state index in [0.29, 0.717) is 18.1 Å². The molecule has 1 atom stereocenters. The molecule has 0 fully saturated rings. The first-order valence-electron chi connectivity index (χ1n) is 7.75. The van der Waals surface area contributed by atoms with E-state index in [1.807, 2.05) is 6.07 Å². The minimum Gasteiger partial charge on any atom is -0.376 e. The zero-order chi connectivity index (χ0) is 15.5. The average Bonchev–Trinajstić information content (AvgIpc) is 2.48. The van der Waals surface area contributed by atoms with Crippen LogP contribution in [-0.2, 0) is 11.3 Å². The summed E-state index contributed by atoms with van der Waals surface area (Å²) in [6, 6.07) is 4.78. The van der Waals surface area contributed by atoms with Crippen LogP contribution in [0.5, 0.6) is 0 Å². The lowest BCUT2D eigenvalue weighted by atomic mass is 10.0. The van der Waals surface area contributed by atoms with Gasteiger partial charge in [-0.3, -0.25) is 0 Å². The van der Waals surface area contributed by atoms with Crippen LogP contribution < -0.4 is 5.73 Å². The van der Waals surface area contributed by atoms with Crippen molar-refractivity contribution in [3.63, 3.8) is 0 Å². The molecule has 116 valence electrons. The predicted octanol–water partition coefficient (Wildman–Crippen LogP) is 3.87. The van der Waals surface area contributed by atoms with Crippen molar-refractivity contribution in [2.24, 2.45) is 11.7 Å². The first-order chi connectivity index (χ1) is 10.2. The second-order valence-corrected chi connectivity index (χ2v) is 5.29. The van der Waals surface area contributed by atoms with Gasteiger partial charge in [0.1, 0.15) is 5.82 Å². The maximum Gasteiger partial charge on any atom is 0.124 e. The summed E-state index contributed by atoms with van der Waals surface area (Å²) in [5, 5.41) is 0. The van der Waals surface area contributed by atoms with Crippen molar-refractivity contribution in [1.82, 2.24) is 0 Å². The molecule has 1 rings (SSSR count). The molecule has 2 nitrogen and oxygen atoms in total. The molecular weight excluding hydrogens is 265 g/mol. The fourth-order valence-corrected chi connectivity index (χ4v) is 2.20. The van der Waals surface area contributed by atoms with Gasteiger partial charge in [0.25, 0.3) is 0 Å². The SMILES string of the molecule is CCCCC(CC)COCc1cc(F)cc(C#CCN)c1. The fraction of sp³-hybridized carbons (Fsp3) is 0.556. The van der Waals surface area contributed by atoms with Gasteiger partial charge in [-0.25, -0.2) is 4.39 Å². The number of hydrogen-bond donors (Lipinski definition) is 1. The van der Waals surface area contributed by atoms with Gasteiger partial charge >= 0.3 is 0 Å². The molecule has 2 N–H and O–H groups in total. The summed E-state index contributed by atoms with van der Waals surface area (Å²) in [4.78, 5) is 0. The lowest BCUT2D eigenvalue weighted by Crippen LogP contribution is -2.09. The van der Waals surface area contributed by atoms with E-state index >= 15 is 0 Å². The zero-order valence-corrected chi connectivity index (χ0v) is 13.1. The van der Waals surface area contributed by atoms with Gasteiger partial charge in [0, 0.05) is 12.2 Å². The van der Waals surface area contributed by atoms with Crippen molar-refractivity contribution in [1.29, 1.82) is 0 Å². The Kier molecular flexibility index (Phi) is 8.73. The summed E-state index contributed by atoms with van der Waals surface area (Å²) in [6.45, 7) is 5.82. The van der Waals surface area contributed by atoms with Gasteiger partial charge in [0.05, 0.1) is 13.2 Å². The van der Waals surface area contributed by atoms with Gasteiger partial charge in [0.2, 0.25) is 0 Å². The average molecular weight is 291 g/mol. The summed E-state index contributed by atoms with van der Waals surface area (Å²) >= 11 is 0. The van der Waals surface area contributed by atoms with E-state index in [4.69, 9.17) is 10.5 Å². The number of hydrogen-bond acceptors (Lipinski definition) is 2. The van der Waals surface area contributed by atoms with E-state index < -0.39 is 0 Å². The quantitative estimate of drug-likeness (QED) is 0.738. The van der Waals surface area contributed by atoms with Crippen molar-refractivity contribution in [2.75, 3.05) is 13.2 Å². The van der Waals surface area contributed by atoms with Gasteiger partial charge in [-0.1, -0.05) is 45.0 Å². The van der Waals surface area contributed by atoms with Crippen LogP contribution in [0.2, 0.25) is 0 Å². The van der Waals surface area contributed by atoms with Gasteiger partial charge in [-0.15, -0.1) is 0 Å². The molecule has 0 spiro atoms. The summed E-state index contributed by atoms with van der Waals surface area (Å²) in [5.41, 5.74) is 6.80. The number of benzene rings is 1. The van der Waals surface area contributed by atoms with E-state index in [2.05, 4.69) is 25.7 Å². The number of nitrogens with two attached hydrogens (primary N) is 1. The molecular formula is C18H26FNO. The van der Waals surface area contributed by atoms with Gasteiger partial charge in [-0.2, -0.15) is 0 Å². The van der Waals surface area contributed by atoms with Crippen molar-refractivity contribution < 1.29 is 9.13 Å². The maximum absolute atomic E-state index is 13.5. The van der Waals surface area contributed by atoms with Crippen LogP contribution in [0.3, 0.4) is 0 Å². The third-order valence-corrected chi connectivity index (χ3v) is 3.46. The predicted molar refractivity (Wildman–Crippen MR) is 85.3 cm³/mol. The molecule has 0 saturated carbocycles. The molecule has 0 aliphatic rings. The third kappa shape index (κ3) is 7.27. The summed E-state index contributed by atoms with van der Waals surface area (Å²) < 4.78 is 19.3. The first-order valence-corrected chi connectivity index (χ1v) is 7.75. The smallest absolute Gasteiger partial charge is 0.124 e. The van der Waals surface area contributed by atoms with E-state index in [0.717, 1.165) is 18.6 Å². The summed E-state index contributed by atoms with van der Waals surface area (Å²) in [5.74, 6) is 5.90. The molecule has 3 heteroatoms. The van der Waals surface area contributed by atoms with Crippen molar-refractivity contribution in [2.45, 2.75) is 46.1 Å². The van der Waals surface area contributed by atoms with Crippen LogP contribution in [0.15, 0.2) is 18.2 Å². The Morgan fingerprint density at radius 3 is 2.76 bits per heavy atom. The zero-order valence-electron chi connectivity index (χ0n) is 13.1. The second-order valence-electron chi connectivity index (χ2n) is 5.29. The van der Waals surface area contributed by atoms with Gasteiger partial charge in [0.15, 0.2) is 0 Å². The van der Waals surface area contributed by atoms with Crippen molar-refractivity contribution in [3.05, 3.63) is 35.1 Å². The molecule has 0 saturated heterocycles. The van der Waals surface area contributed by atoms with Crippen molar-refractivity contribution in [3.8, 4) is 11.8 Å². The molecule has 0 radical (unpaired) electrons. The highest BCUT2D eigenvalue weighted by molar-refractivity contribution is 5.37. The maximum atomic E-state index is 13.5. The highest BCUT2D eigenvalue weighted by atomic mass is 19.1. The largest absolute Gasteiger partial charge is 0.376 e. The number of ether oxygens (including phenoxy) is 1.